The summed E-state index contributed by atoms with van der Waals surface area (Å²) < 4.78 is 66.8. The van der Waals surface area contributed by atoms with Crippen molar-refractivity contribution in [3.63, 3.8) is 0 Å². The molecule has 0 atom stereocenters. The number of halogens is 3. The molecule has 29 heavy (non-hydrogen) atoms. The number of nitrogens with one attached hydrogen (secondary N) is 1. The molecule has 4 aromatic rings. The molecule has 2 aromatic heterocycles. The maximum atomic E-state index is 12.7. The first kappa shape index (κ1) is 19.3. The molecule has 0 bridgehead atoms. The van der Waals surface area contributed by atoms with E-state index in [-0.39, 0.29) is 10.6 Å². The normalized spacial score (nSPS) is 12.2. The van der Waals surface area contributed by atoms with Gasteiger partial charge in [0, 0.05) is 18.0 Å². The minimum atomic E-state index is -4.54. The lowest BCUT2D eigenvalue weighted by Crippen LogP contribution is -2.14. The van der Waals surface area contributed by atoms with Crippen LogP contribution in [0.1, 0.15) is 5.56 Å². The highest BCUT2D eigenvalue weighted by Gasteiger charge is 2.30. The summed E-state index contributed by atoms with van der Waals surface area (Å²) in [7, 11) is -4.09. The quantitative estimate of drug-likeness (QED) is 0.480. The van der Waals surface area contributed by atoms with Crippen LogP contribution >= 0.6 is 11.3 Å². The molecule has 0 amide bonds. The highest BCUT2D eigenvalue weighted by atomic mass is 32.2. The molecule has 148 valence electrons. The van der Waals surface area contributed by atoms with Crippen molar-refractivity contribution in [2.45, 2.75) is 11.1 Å². The van der Waals surface area contributed by atoms with Crippen molar-refractivity contribution in [2.75, 3.05) is 4.72 Å². The average molecular weight is 435 g/mol. The molecule has 1 N–H and O–H groups in total. The molecule has 0 aliphatic carbocycles. The number of alkyl halides is 3. The average Bonchev–Trinajstić information content (AvgIpc) is 3.11. The van der Waals surface area contributed by atoms with E-state index < -0.39 is 21.8 Å². The van der Waals surface area contributed by atoms with E-state index in [2.05, 4.69) is 14.7 Å². The molecule has 2 aromatic carbocycles. The van der Waals surface area contributed by atoms with Crippen molar-refractivity contribution in [1.82, 2.24) is 9.97 Å². The second-order valence-electron chi connectivity index (χ2n) is 6.04. The SMILES string of the molecule is O=S(=O)(Nc1ccccc1-c1nc2ccncc2s1)c1ccc(C(F)(F)F)cc1. The number of pyridine rings is 1. The van der Waals surface area contributed by atoms with Gasteiger partial charge in [0.25, 0.3) is 10.0 Å². The number of para-hydroxylation sites is 1. The molecular weight excluding hydrogens is 423 g/mol. The number of hydrogen-bond donors (Lipinski definition) is 1. The Balaban J connectivity index is 1.69. The van der Waals surface area contributed by atoms with Crippen molar-refractivity contribution in [2.24, 2.45) is 0 Å². The van der Waals surface area contributed by atoms with Gasteiger partial charge in [-0.3, -0.25) is 9.71 Å². The fourth-order valence-corrected chi connectivity index (χ4v) is 4.73. The molecule has 5 nitrogen and oxygen atoms in total. The van der Waals surface area contributed by atoms with Crippen LogP contribution in [-0.4, -0.2) is 18.4 Å². The van der Waals surface area contributed by atoms with E-state index >= 15 is 0 Å². The largest absolute Gasteiger partial charge is 0.416 e. The van der Waals surface area contributed by atoms with Gasteiger partial charge in [-0.15, -0.1) is 11.3 Å². The summed E-state index contributed by atoms with van der Waals surface area (Å²) in [5, 5.41) is 0.596. The third-order valence-corrected chi connectivity index (χ3v) is 6.51. The third-order valence-electron chi connectivity index (χ3n) is 4.09. The van der Waals surface area contributed by atoms with Gasteiger partial charge in [0.15, 0.2) is 0 Å². The maximum absolute atomic E-state index is 12.7. The zero-order chi connectivity index (χ0) is 20.6. The van der Waals surface area contributed by atoms with Gasteiger partial charge < -0.3 is 0 Å². The summed E-state index contributed by atoms with van der Waals surface area (Å²) in [6.07, 6.45) is -1.25. The lowest BCUT2D eigenvalue weighted by Gasteiger charge is -2.12. The third kappa shape index (κ3) is 3.94. The molecule has 0 aliphatic rings. The van der Waals surface area contributed by atoms with Crippen molar-refractivity contribution < 1.29 is 21.6 Å². The van der Waals surface area contributed by atoms with Gasteiger partial charge in [0.1, 0.15) is 5.01 Å². The zero-order valence-corrected chi connectivity index (χ0v) is 16.1. The molecule has 4 rings (SSSR count). The summed E-state index contributed by atoms with van der Waals surface area (Å²) in [5.74, 6) is 0. The number of nitrogens with zero attached hydrogens (tertiary/aromatic N) is 2. The van der Waals surface area contributed by atoms with Crippen LogP contribution in [-0.2, 0) is 16.2 Å². The van der Waals surface area contributed by atoms with Crippen LogP contribution in [0.25, 0.3) is 20.8 Å². The van der Waals surface area contributed by atoms with Crippen molar-refractivity contribution in [3.05, 3.63) is 72.6 Å². The highest BCUT2D eigenvalue weighted by molar-refractivity contribution is 7.92. The van der Waals surface area contributed by atoms with Gasteiger partial charge in [-0.2, -0.15) is 13.2 Å². The number of benzene rings is 2. The molecule has 0 fully saturated rings. The smallest absolute Gasteiger partial charge is 0.279 e. The van der Waals surface area contributed by atoms with Crippen LogP contribution in [0.5, 0.6) is 0 Å². The molecule has 0 saturated heterocycles. The molecule has 0 radical (unpaired) electrons. The fraction of sp³-hybridized carbons (Fsp3) is 0.0526. The number of aromatic nitrogens is 2. The number of anilines is 1. The maximum Gasteiger partial charge on any atom is 0.416 e. The first-order valence-electron chi connectivity index (χ1n) is 8.24. The minimum Gasteiger partial charge on any atom is -0.279 e. The fourth-order valence-electron chi connectivity index (χ4n) is 2.68. The second-order valence-corrected chi connectivity index (χ2v) is 8.75. The van der Waals surface area contributed by atoms with Crippen LogP contribution < -0.4 is 4.72 Å². The first-order valence-corrected chi connectivity index (χ1v) is 10.5. The number of thiazole rings is 1. The predicted molar refractivity (Wildman–Crippen MR) is 105 cm³/mol. The Kier molecular flexibility index (Phi) is 4.75. The lowest BCUT2D eigenvalue weighted by molar-refractivity contribution is -0.137. The minimum absolute atomic E-state index is 0.270. The van der Waals surface area contributed by atoms with Gasteiger partial charge >= 0.3 is 6.18 Å². The van der Waals surface area contributed by atoms with Crippen LogP contribution in [0.4, 0.5) is 18.9 Å². The van der Waals surface area contributed by atoms with Crippen LogP contribution in [0.2, 0.25) is 0 Å². The van der Waals surface area contributed by atoms with Crippen LogP contribution in [0.3, 0.4) is 0 Å². The second kappa shape index (κ2) is 7.12. The van der Waals surface area contributed by atoms with E-state index in [1.54, 1.807) is 42.7 Å². The Morgan fingerprint density at radius 3 is 2.38 bits per heavy atom. The van der Waals surface area contributed by atoms with E-state index in [0.29, 0.717) is 10.6 Å². The Hall–Kier alpha value is -2.98. The Labute approximate surface area is 167 Å². The lowest BCUT2D eigenvalue weighted by atomic mass is 10.2. The van der Waals surface area contributed by atoms with E-state index in [0.717, 1.165) is 34.5 Å². The molecule has 0 saturated carbocycles. The van der Waals surface area contributed by atoms with E-state index in [4.69, 9.17) is 0 Å². The number of rotatable bonds is 4. The van der Waals surface area contributed by atoms with Gasteiger partial charge in [0.2, 0.25) is 0 Å². The van der Waals surface area contributed by atoms with E-state index in [9.17, 15) is 21.6 Å². The van der Waals surface area contributed by atoms with E-state index in [1.807, 2.05) is 0 Å². The summed E-state index contributed by atoms with van der Waals surface area (Å²) >= 11 is 1.36. The first-order chi connectivity index (χ1) is 13.7. The molecule has 0 unspecified atom stereocenters. The Morgan fingerprint density at radius 2 is 1.69 bits per heavy atom. The molecule has 10 heteroatoms. The topological polar surface area (TPSA) is 72.0 Å². The highest BCUT2D eigenvalue weighted by Crippen LogP contribution is 2.35. The zero-order valence-electron chi connectivity index (χ0n) is 14.5. The molecule has 2 heterocycles. The number of fused-ring (bicyclic) bond motifs is 1. The van der Waals surface area contributed by atoms with Crippen molar-refractivity contribution in [1.29, 1.82) is 0 Å². The van der Waals surface area contributed by atoms with E-state index in [1.165, 1.54) is 11.3 Å². The van der Waals surface area contributed by atoms with Gasteiger partial charge in [-0.1, -0.05) is 12.1 Å². The van der Waals surface area contributed by atoms with Gasteiger partial charge in [-0.05, 0) is 42.5 Å². The summed E-state index contributed by atoms with van der Waals surface area (Å²) in [5.41, 5.74) is 0.656. The van der Waals surface area contributed by atoms with Gasteiger partial charge in [-0.25, -0.2) is 13.4 Å². The summed E-state index contributed by atoms with van der Waals surface area (Å²) in [6.45, 7) is 0. The Bertz CT molecular complexity index is 1250. The summed E-state index contributed by atoms with van der Waals surface area (Å²) in [4.78, 5) is 8.28. The Morgan fingerprint density at radius 1 is 0.966 bits per heavy atom. The monoisotopic (exact) mass is 435 g/mol. The van der Waals surface area contributed by atoms with Crippen molar-refractivity contribution in [3.8, 4) is 10.6 Å². The molecular formula is C19H12F3N3O2S2. The van der Waals surface area contributed by atoms with Crippen molar-refractivity contribution >= 4 is 37.3 Å². The van der Waals surface area contributed by atoms with Crippen LogP contribution in [0.15, 0.2) is 71.9 Å². The standard InChI is InChI=1S/C19H12F3N3O2S2/c20-19(21,22)12-5-7-13(8-6-12)29(26,27)25-15-4-2-1-3-14(15)18-24-16-9-10-23-11-17(16)28-18/h1-11,25H. The molecule has 0 spiro atoms. The number of hydrogen-bond acceptors (Lipinski definition) is 5. The van der Waals surface area contributed by atoms with Gasteiger partial charge in [0.05, 0.1) is 26.4 Å². The van der Waals surface area contributed by atoms with Crippen LogP contribution in [0, 0.1) is 0 Å². The molecule has 0 aliphatic heterocycles. The number of sulfonamides is 1. The summed E-state index contributed by atoms with van der Waals surface area (Å²) in [6, 6.07) is 11.8. The predicted octanol–water partition coefficient (Wildman–Crippen LogP) is 5.18.